The second-order valence-electron chi connectivity index (χ2n) is 8.37. The molecule has 0 fully saturated rings. The molecule has 0 spiro atoms. The van der Waals surface area contributed by atoms with Crippen molar-refractivity contribution in [2.75, 3.05) is 6.54 Å². The van der Waals surface area contributed by atoms with Crippen molar-refractivity contribution >= 4 is 61.6 Å². The molecule has 5 aromatic rings. The number of para-hydroxylation sites is 1. The summed E-state index contributed by atoms with van der Waals surface area (Å²) in [6, 6.07) is 15.0. The maximum Gasteiger partial charge on any atom is 0.147 e. The zero-order valence-corrected chi connectivity index (χ0v) is 17.6. The minimum Gasteiger partial charge on any atom is -0.311 e. The van der Waals surface area contributed by atoms with Crippen molar-refractivity contribution < 1.29 is 0 Å². The molecule has 5 nitrogen and oxygen atoms in total. The fourth-order valence-electron chi connectivity index (χ4n) is 5.14. The maximum absolute atomic E-state index is 5.31. The highest BCUT2D eigenvalue weighted by Crippen LogP contribution is 2.38. The molecule has 0 atom stereocenters. The van der Waals surface area contributed by atoms with Crippen LogP contribution in [-0.2, 0) is 0 Å². The molecule has 1 aliphatic carbocycles. The van der Waals surface area contributed by atoms with Gasteiger partial charge in [0.15, 0.2) is 0 Å². The van der Waals surface area contributed by atoms with Crippen LogP contribution in [0.1, 0.15) is 19.3 Å². The number of aromatic nitrogens is 4. The molecule has 5 heterocycles. The standard InChI is InChI=1S/C27H21N5/c1-2-7-18(8-3-1)31-22-10-5-4-9-20(22)26-24(31)17-21-25-23(11-6-14-29-25)32(27(21)30-26)19-12-15-28-16-13-19/h1-2,4-7,9-12,14-15,17H,3,8,13,16H2. The van der Waals surface area contributed by atoms with E-state index in [2.05, 4.69) is 74.8 Å². The summed E-state index contributed by atoms with van der Waals surface area (Å²) < 4.78 is 4.66. The number of hydrogen-bond donors (Lipinski definition) is 0. The summed E-state index contributed by atoms with van der Waals surface area (Å²) in [5.41, 5.74) is 8.97. The number of aliphatic imine (C=N–C) groups is 1. The number of nitrogens with zero attached hydrogens (tertiary/aromatic N) is 5. The first-order valence-electron chi connectivity index (χ1n) is 11.1. The fourth-order valence-corrected chi connectivity index (χ4v) is 5.14. The minimum atomic E-state index is 0.802. The van der Waals surface area contributed by atoms with Gasteiger partial charge in [0.25, 0.3) is 0 Å². The Kier molecular flexibility index (Phi) is 3.73. The minimum absolute atomic E-state index is 0.802. The van der Waals surface area contributed by atoms with Crippen LogP contribution in [-0.4, -0.2) is 31.9 Å². The highest BCUT2D eigenvalue weighted by atomic mass is 15.1. The molecule has 1 aromatic carbocycles. The van der Waals surface area contributed by atoms with Gasteiger partial charge in [-0.15, -0.1) is 0 Å². The van der Waals surface area contributed by atoms with E-state index in [9.17, 15) is 0 Å². The average Bonchev–Trinajstić information content (AvgIpc) is 3.36. The van der Waals surface area contributed by atoms with Crippen LogP contribution in [0, 0.1) is 0 Å². The number of rotatable bonds is 2. The van der Waals surface area contributed by atoms with Crippen LogP contribution in [0.2, 0.25) is 0 Å². The monoisotopic (exact) mass is 415 g/mol. The van der Waals surface area contributed by atoms with E-state index in [1.165, 1.54) is 22.3 Å². The summed E-state index contributed by atoms with van der Waals surface area (Å²) in [5, 5.41) is 2.27. The van der Waals surface area contributed by atoms with Crippen LogP contribution in [0.3, 0.4) is 0 Å². The van der Waals surface area contributed by atoms with Gasteiger partial charge in [0.1, 0.15) is 5.65 Å². The summed E-state index contributed by atoms with van der Waals surface area (Å²) in [6.07, 6.45) is 15.5. The van der Waals surface area contributed by atoms with Crippen LogP contribution < -0.4 is 0 Å². The van der Waals surface area contributed by atoms with Crippen molar-refractivity contribution in [3.63, 3.8) is 0 Å². The van der Waals surface area contributed by atoms with Crippen LogP contribution in [0.5, 0.6) is 0 Å². The first-order chi connectivity index (χ1) is 15.9. The molecule has 4 aromatic heterocycles. The van der Waals surface area contributed by atoms with E-state index in [-0.39, 0.29) is 0 Å². The van der Waals surface area contributed by atoms with Crippen molar-refractivity contribution in [1.29, 1.82) is 0 Å². The number of fused-ring (bicyclic) bond motifs is 6. The highest BCUT2D eigenvalue weighted by molar-refractivity contribution is 6.15. The lowest BCUT2D eigenvalue weighted by Gasteiger charge is -2.14. The molecular formula is C27H21N5. The van der Waals surface area contributed by atoms with E-state index >= 15 is 0 Å². The Balaban J connectivity index is 1.66. The van der Waals surface area contributed by atoms with Gasteiger partial charge in [-0.3, -0.25) is 14.5 Å². The third-order valence-electron chi connectivity index (χ3n) is 6.55. The normalized spacial score (nSPS) is 16.4. The van der Waals surface area contributed by atoms with Gasteiger partial charge in [0, 0.05) is 47.5 Å². The number of allylic oxidation sites excluding steroid dienone is 5. The van der Waals surface area contributed by atoms with Gasteiger partial charge in [-0.2, -0.15) is 0 Å². The topological polar surface area (TPSA) is 48.0 Å². The first kappa shape index (κ1) is 17.7. The first-order valence-corrected chi connectivity index (χ1v) is 11.1. The maximum atomic E-state index is 5.31. The van der Waals surface area contributed by atoms with Gasteiger partial charge in [0.05, 0.1) is 27.6 Å². The summed E-state index contributed by atoms with van der Waals surface area (Å²) in [4.78, 5) is 14.5. The molecule has 5 heteroatoms. The molecule has 0 saturated carbocycles. The van der Waals surface area contributed by atoms with Crippen LogP contribution in [0.25, 0.3) is 55.4 Å². The smallest absolute Gasteiger partial charge is 0.147 e. The van der Waals surface area contributed by atoms with Crippen LogP contribution in [0.15, 0.2) is 78.0 Å². The lowest BCUT2D eigenvalue weighted by molar-refractivity contribution is 0.955. The van der Waals surface area contributed by atoms with Crippen molar-refractivity contribution in [2.24, 2.45) is 4.99 Å². The second kappa shape index (κ2) is 6.76. The molecular weight excluding hydrogens is 394 g/mol. The number of benzene rings is 1. The zero-order valence-electron chi connectivity index (χ0n) is 17.6. The third-order valence-corrected chi connectivity index (χ3v) is 6.55. The van der Waals surface area contributed by atoms with E-state index < -0.39 is 0 Å². The Labute approximate surface area is 184 Å². The third kappa shape index (κ3) is 2.42. The molecule has 7 rings (SSSR count). The molecule has 154 valence electrons. The Morgan fingerprint density at radius 3 is 2.56 bits per heavy atom. The molecule has 0 bridgehead atoms. The molecule has 0 saturated heterocycles. The SMILES string of the molecule is C1=CCCC(n2c3ccccc3c3nc4c(cc32)c2ncccc2n4C2=CC=NCC2)=C1. The van der Waals surface area contributed by atoms with Crippen molar-refractivity contribution in [2.45, 2.75) is 19.3 Å². The summed E-state index contributed by atoms with van der Waals surface area (Å²) >= 11 is 0. The molecule has 0 amide bonds. The summed E-state index contributed by atoms with van der Waals surface area (Å²) in [5.74, 6) is 0. The quantitative estimate of drug-likeness (QED) is 0.345. The Bertz CT molecular complexity index is 1550. The van der Waals surface area contributed by atoms with E-state index in [1.807, 2.05) is 18.5 Å². The van der Waals surface area contributed by atoms with Gasteiger partial charge < -0.3 is 4.57 Å². The number of pyridine rings is 2. The number of dihydropyridines is 1. The lowest BCUT2D eigenvalue weighted by Crippen LogP contribution is -2.03. The fraction of sp³-hybridized carbons (Fsp3) is 0.148. The van der Waals surface area contributed by atoms with Crippen molar-refractivity contribution in [1.82, 2.24) is 19.1 Å². The Morgan fingerprint density at radius 1 is 0.781 bits per heavy atom. The molecule has 0 N–H and O–H groups in total. The van der Waals surface area contributed by atoms with Gasteiger partial charge in [-0.05, 0) is 49.3 Å². The van der Waals surface area contributed by atoms with E-state index in [0.717, 1.165) is 58.9 Å². The zero-order chi connectivity index (χ0) is 21.1. The van der Waals surface area contributed by atoms with Crippen LogP contribution >= 0.6 is 0 Å². The number of hydrogen-bond acceptors (Lipinski definition) is 3. The molecule has 2 aliphatic rings. The predicted octanol–water partition coefficient (Wildman–Crippen LogP) is 6.20. The van der Waals surface area contributed by atoms with E-state index in [4.69, 9.17) is 9.97 Å². The van der Waals surface area contributed by atoms with E-state index in [1.54, 1.807) is 0 Å². The molecule has 1 aliphatic heterocycles. The summed E-state index contributed by atoms with van der Waals surface area (Å²) in [7, 11) is 0. The average molecular weight is 416 g/mol. The predicted molar refractivity (Wildman–Crippen MR) is 133 cm³/mol. The highest BCUT2D eigenvalue weighted by Gasteiger charge is 2.21. The van der Waals surface area contributed by atoms with Crippen LogP contribution in [0.4, 0.5) is 0 Å². The van der Waals surface area contributed by atoms with E-state index in [0.29, 0.717) is 0 Å². The Morgan fingerprint density at radius 2 is 1.69 bits per heavy atom. The lowest BCUT2D eigenvalue weighted by atomic mass is 10.1. The summed E-state index contributed by atoms with van der Waals surface area (Å²) in [6.45, 7) is 0.802. The van der Waals surface area contributed by atoms with Crippen molar-refractivity contribution in [3.05, 3.63) is 73.0 Å². The Hall–Kier alpha value is -3.99. The molecule has 0 unspecified atom stereocenters. The van der Waals surface area contributed by atoms with Gasteiger partial charge in [0.2, 0.25) is 0 Å². The largest absolute Gasteiger partial charge is 0.311 e. The molecule has 0 radical (unpaired) electrons. The van der Waals surface area contributed by atoms with Gasteiger partial charge in [-0.1, -0.05) is 30.4 Å². The van der Waals surface area contributed by atoms with Gasteiger partial charge in [-0.25, -0.2) is 4.98 Å². The van der Waals surface area contributed by atoms with Crippen molar-refractivity contribution in [3.8, 4) is 0 Å². The van der Waals surface area contributed by atoms with Gasteiger partial charge >= 0.3 is 0 Å². The second-order valence-corrected chi connectivity index (χ2v) is 8.37. The molecule has 32 heavy (non-hydrogen) atoms.